The summed E-state index contributed by atoms with van der Waals surface area (Å²) in [7, 11) is 0. The van der Waals surface area contributed by atoms with Crippen LogP contribution in [0.5, 0.6) is 0 Å². The van der Waals surface area contributed by atoms with E-state index in [1.54, 1.807) is 11.3 Å². The van der Waals surface area contributed by atoms with Gasteiger partial charge in [0, 0.05) is 13.1 Å². The van der Waals surface area contributed by atoms with Crippen molar-refractivity contribution in [2.45, 2.75) is 6.92 Å². The number of nitrogens with zero attached hydrogens (tertiary/aromatic N) is 5. The van der Waals surface area contributed by atoms with Crippen LogP contribution in [-0.2, 0) is 4.74 Å². The number of benzene rings is 1. The van der Waals surface area contributed by atoms with Gasteiger partial charge in [0.2, 0.25) is 5.95 Å². The van der Waals surface area contributed by atoms with Gasteiger partial charge in [-0.05, 0) is 30.5 Å². The molecule has 0 radical (unpaired) electrons. The number of morpholine rings is 1. The molecule has 3 aromatic heterocycles. The number of imidazole rings is 1. The van der Waals surface area contributed by atoms with Crippen LogP contribution in [0.4, 0.5) is 5.82 Å². The van der Waals surface area contributed by atoms with E-state index in [0.29, 0.717) is 5.95 Å². The van der Waals surface area contributed by atoms with Crippen LogP contribution in [0.25, 0.3) is 27.2 Å². The van der Waals surface area contributed by atoms with E-state index in [-0.39, 0.29) is 0 Å². The van der Waals surface area contributed by atoms with Crippen molar-refractivity contribution in [3.8, 4) is 5.95 Å². The van der Waals surface area contributed by atoms with Crippen molar-refractivity contribution < 1.29 is 4.74 Å². The van der Waals surface area contributed by atoms with E-state index < -0.39 is 0 Å². The fraction of sp³-hybridized carbons (Fsp3) is 0.278. The van der Waals surface area contributed by atoms with Crippen LogP contribution in [0, 0.1) is 6.92 Å². The molecule has 1 aliphatic heterocycles. The molecule has 0 bridgehead atoms. The highest BCUT2D eigenvalue weighted by molar-refractivity contribution is 7.17. The first-order chi connectivity index (χ1) is 12.3. The van der Waals surface area contributed by atoms with Crippen molar-refractivity contribution in [3.05, 3.63) is 41.5 Å². The van der Waals surface area contributed by atoms with Gasteiger partial charge in [-0.1, -0.05) is 12.1 Å². The van der Waals surface area contributed by atoms with Gasteiger partial charge in [-0.25, -0.2) is 9.97 Å². The molecule has 4 heterocycles. The average molecular weight is 351 g/mol. The Morgan fingerprint density at radius 1 is 1.00 bits per heavy atom. The third-order valence-corrected chi connectivity index (χ3v) is 5.41. The van der Waals surface area contributed by atoms with E-state index in [4.69, 9.17) is 14.7 Å². The first kappa shape index (κ1) is 14.8. The molecule has 1 saturated heterocycles. The molecule has 4 aromatic rings. The smallest absolute Gasteiger partial charge is 0.238 e. The Morgan fingerprint density at radius 3 is 2.72 bits per heavy atom. The second-order valence-electron chi connectivity index (χ2n) is 6.06. The lowest BCUT2D eigenvalue weighted by molar-refractivity contribution is 0.122. The summed E-state index contributed by atoms with van der Waals surface area (Å²) in [6, 6.07) is 10.2. The average Bonchev–Trinajstić information content (AvgIpc) is 3.24. The van der Waals surface area contributed by atoms with Gasteiger partial charge < -0.3 is 9.64 Å². The summed E-state index contributed by atoms with van der Waals surface area (Å²) in [5.74, 6) is 2.57. The van der Waals surface area contributed by atoms with E-state index in [0.717, 1.165) is 59.2 Å². The molecule has 0 spiro atoms. The molecular weight excluding hydrogens is 334 g/mol. The normalized spacial score (nSPS) is 15.3. The van der Waals surface area contributed by atoms with Crippen molar-refractivity contribution in [2.24, 2.45) is 0 Å². The number of anilines is 1. The topological polar surface area (TPSA) is 56.1 Å². The van der Waals surface area contributed by atoms with E-state index in [1.807, 2.05) is 29.7 Å². The SMILES string of the molecule is Cc1nc2ccccc2n1-c1nc(N2CCOCC2)c2sccc2n1. The maximum absolute atomic E-state index is 5.50. The number of ether oxygens (including phenoxy) is 1. The zero-order valence-electron chi connectivity index (χ0n) is 13.8. The molecule has 126 valence electrons. The number of para-hydroxylation sites is 2. The summed E-state index contributed by atoms with van der Waals surface area (Å²) < 4.78 is 8.67. The minimum absolute atomic E-state index is 0.679. The Morgan fingerprint density at radius 2 is 1.84 bits per heavy atom. The highest BCUT2D eigenvalue weighted by atomic mass is 32.1. The van der Waals surface area contributed by atoms with Crippen LogP contribution >= 0.6 is 11.3 Å². The molecule has 1 aromatic carbocycles. The Kier molecular flexibility index (Phi) is 3.43. The zero-order valence-corrected chi connectivity index (χ0v) is 14.7. The van der Waals surface area contributed by atoms with Gasteiger partial charge in [-0.15, -0.1) is 11.3 Å². The summed E-state index contributed by atoms with van der Waals surface area (Å²) in [5, 5.41) is 2.08. The maximum atomic E-state index is 5.50. The molecule has 7 heteroatoms. The summed E-state index contributed by atoms with van der Waals surface area (Å²) in [4.78, 5) is 16.7. The van der Waals surface area contributed by atoms with Crippen LogP contribution < -0.4 is 4.90 Å². The number of aryl methyl sites for hydroxylation is 1. The second kappa shape index (κ2) is 5.79. The standard InChI is InChI=1S/C18H17N5OS/c1-12-19-13-4-2-3-5-15(13)23(12)18-20-14-6-11-25-16(14)17(21-18)22-7-9-24-10-8-22/h2-6,11H,7-10H2,1H3. The molecule has 0 atom stereocenters. The second-order valence-corrected chi connectivity index (χ2v) is 6.98. The maximum Gasteiger partial charge on any atom is 0.238 e. The van der Waals surface area contributed by atoms with Crippen molar-refractivity contribution >= 4 is 38.4 Å². The van der Waals surface area contributed by atoms with Crippen molar-refractivity contribution in [3.63, 3.8) is 0 Å². The molecular formula is C18H17N5OS. The summed E-state index contributed by atoms with van der Waals surface area (Å²) >= 11 is 1.69. The van der Waals surface area contributed by atoms with Crippen molar-refractivity contribution in [2.75, 3.05) is 31.2 Å². The van der Waals surface area contributed by atoms with Crippen molar-refractivity contribution in [1.82, 2.24) is 19.5 Å². The van der Waals surface area contributed by atoms with E-state index >= 15 is 0 Å². The molecule has 0 saturated carbocycles. The fourth-order valence-corrected chi connectivity index (χ4v) is 4.17. The molecule has 6 nitrogen and oxygen atoms in total. The number of aromatic nitrogens is 4. The van der Waals surface area contributed by atoms with Crippen LogP contribution in [0.2, 0.25) is 0 Å². The largest absolute Gasteiger partial charge is 0.378 e. The van der Waals surface area contributed by atoms with Gasteiger partial charge in [-0.3, -0.25) is 4.57 Å². The van der Waals surface area contributed by atoms with Gasteiger partial charge in [-0.2, -0.15) is 4.98 Å². The minimum atomic E-state index is 0.679. The number of hydrogen-bond donors (Lipinski definition) is 0. The van der Waals surface area contributed by atoms with E-state index in [2.05, 4.69) is 27.4 Å². The van der Waals surface area contributed by atoms with Crippen LogP contribution in [0.15, 0.2) is 35.7 Å². The molecule has 5 rings (SSSR count). The van der Waals surface area contributed by atoms with Gasteiger partial charge >= 0.3 is 0 Å². The molecule has 0 aliphatic carbocycles. The zero-order chi connectivity index (χ0) is 16.8. The number of thiophene rings is 1. The third kappa shape index (κ3) is 2.39. The number of hydrogen-bond acceptors (Lipinski definition) is 6. The third-order valence-electron chi connectivity index (χ3n) is 4.51. The molecule has 1 aliphatic rings. The molecule has 0 amide bonds. The lowest BCUT2D eigenvalue weighted by Crippen LogP contribution is -2.37. The Balaban J connectivity index is 1.75. The van der Waals surface area contributed by atoms with Gasteiger partial charge in [0.25, 0.3) is 0 Å². The van der Waals surface area contributed by atoms with Gasteiger partial charge in [0.1, 0.15) is 5.82 Å². The molecule has 25 heavy (non-hydrogen) atoms. The van der Waals surface area contributed by atoms with E-state index in [9.17, 15) is 0 Å². The van der Waals surface area contributed by atoms with Gasteiger partial charge in [0.15, 0.2) is 5.82 Å². The monoisotopic (exact) mass is 351 g/mol. The Bertz CT molecular complexity index is 1060. The van der Waals surface area contributed by atoms with Crippen LogP contribution in [-0.4, -0.2) is 45.8 Å². The minimum Gasteiger partial charge on any atom is -0.378 e. The Hall–Kier alpha value is -2.51. The van der Waals surface area contributed by atoms with Gasteiger partial charge in [0.05, 0.1) is 34.5 Å². The Labute approximate surface area is 148 Å². The lowest BCUT2D eigenvalue weighted by Gasteiger charge is -2.28. The number of fused-ring (bicyclic) bond motifs is 2. The van der Waals surface area contributed by atoms with Crippen molar-refractivity contribution in [1.29, 1.82) is 0 Å². The quantitative estimate of drug-likeness (QED) is 0.555. The predicted molar refractivity (Wildman–Crippen MR) is 99.8 cm³/mol. The molecule has 0 N–H and O–H groups in total. The first-order valence-corrected chi connectivity index (χ1v) is 9.21. The fourth-order valence-electron chi connectivity index (χ4n) is 3.32. The van der Waals surface area contributed by atoms with E-state index in [1.165, 1.54) is 0 Å². The van der Waals surface area contributed by atoms with Crippen LogP contribution in [0.1, 0.15) is 5.82 Å². The highest BCUT2D eigenvalue weighted by Gasteiger charge is 2.20. The molecule has 1 fully saturated rings. The summed E-state index contributed by atoms with van der Waals surface area (Å²) in [6.07, 6.45) is 0. The molecule has 0 unspecified atom stereocenters. The summed E-state index contributed by atoms with van der Waals surface area (Å²) in [6.45, 7) is 5.17. The first-order valence-electron chi connectivity index (χ1n) is 8.34. The predicted octanol–water partition coefficient (Wildman–Crippen LogP) is 3.18. The number of rotatable bonds is 2. The lowest BCUT2D eigenvalue weighted by atomic mass is 10.3. The summed E-state index contributed by atoms with van der Waals surface area (Å²) in [5.41, 5.74) is 2.97. The highest BCUT2D eigenvalue weighted by Crippen LogP contribution is 2.31. The van der Waals surface area contributed by atoms with Crippen LogP contribution in [0.3, 0.4) is 0 Å².